The van der Waals surface area contributed by atoms with Crippen LogP contribution in [0.4, 0.5) is 4.79 Å². The first-order chi connectivity index (χ1) is 6.70. The summed E-state index contributed by atoms with van der Waals surface area (Å²) in [5.41, 5.74) is 0. The van der Waals surface area contributed by atoms with E-state index in [-0.39, 0.29) is 6.10 Å². The second kappa shape index (κ2) is 8.85. The van der Waals surface area contributed by atoms with Crippen molar-refractivity contribution in [3.63, 3.8) is 0 Å². The quantitative estimate of drug-likeness (QED) is 0.468. The molecule has 3 heteroatoms. The van der Waals surface area contributed by atoms with Crippen molar-refractivity contribution in [2.75, 3.05) is 6.61 Å². The zero-order valence-electron chi connectivity index (χ0n) is 9.41. The van der Waals surface area contributed by atoms with E-state index in [9.17, 15) is 4.79 Å². The van der Waals surface area contributed by atoms with Crippen molar-refractivity contribution in [3.8, 4) is 0 Å². The summed E-state index contributed by atoms with van der Waals surface area (Å²) in [4.78, 5) is 11.0. The predicted octanol–water partition coefficient (Wildman–Crippen LogP) is 3.33. The highest BCUT2D eigenvalue weighted by atomic mass is 16.7. The van der Waals surface area contributed by atoms with Gasteiger partial charge in [-0.3, -0.25) is 0 Å². The lowest BCUT2D eigenvalue weighted by atomic mass is 10.2. The zero-order chi connectivity index (χ0) is 10.8. The van der Waals surface area contributed by atoms with E-state index in [0.717, 1.165) is 12.8 Å². The van der Waals surface area contributed by atoms with E-state index in [1.54, 1.807) is 13.3 Å². The average Bonchev–Trinajstić information content (AvgIpc) is 2.17. The van der Waals surface area contributed by atoms with Gasteiger partial charge >= 0.3 is 6.16 Å². The summed E-state index contributed by atoms with van der Waals surface area (Å²) in [7, 11) is 0. The molecule has 0 aliphatic rings. The van der Waals surface area contributed by atoms with E-state index < -0.39 is 6.16 Å². The van der Waals surface area contributed by atoms with Crippen LogP contribution in [0.1, 0.15) is 46.5 Å². The highest BCUT2D eigenvalue weighted by Crippen LogP contribution is 2.01. The minimum Gasteiger partial charge on any atom is -0.434 e. The monoisotopic (exact) mass is 201 g/mol. The third kappa shape index (κ3) is 7.90. The van der Waals surface area contributed by atoms with Gasteiger partial charge in [0.15, 0.2) is 0 Å². The molecule has 0 N–H and O–H groups in total. The van der Waals surface area contributed by atoms with Crippen LogP contribution in [0.3, 0.4) is 0 Å². The molecule has 0 aromatic heterocycles. The highest BCUT2D eigenvalue weighted by molar-refractivity contribution is 5.60. The number of ether oxygens (including phenoxy) is 2. The minimum absolute atomic E-state index is 0.168. The maximum atomic E-state index is 11.0. The van der Waals surface area contributed by atoms with Crippen molar-refractivity contribution in [1.29, 1.82) is 0 Å². The third-order valence-corrected chi connectivity index (χ3v) is 1.97. The molecule has 0 aliphatic carbocycles. The van der Waals surface area contributed by atoms with Gasteiger partial charge in [0.05, 0.1) is 6.61 Å². The molecule has 0 rings (SSSR count). The summed E-state index contributed by atoms with van der Waals surface area (Å²) in [5, 5.41) is 0. The Kier molecular flexibility index (Phi) is 8.39. The fourth-order valence-electron chi connectivity index (χ4n) is 0.938. The normalized spacial score (nSPS) is 12.2. The number of rotatable bonds is 7. The van der Waals surface area contributed by atoms with E-state index >= 15 is 0 Å². The van der Waals surface area contributed by atoms with Crippen molar-refractivity contribution >= 4 is 6.16 Å². The van der Waals surface area contributed by atoms with Gasteiger partial charge in [0.2, 0.25) is 0 Å². The maximum Gasteiger partial charge on any atom is 0.508 e. The number of unbranched alkanes of at least 4 members (excludes halogenated alkanes) is 3. The summed E-state index contributed by atoms with van der Waals surface area (Å²) in [5.74, 6) is 0. The molecule has 3 nitrogen and oxygen atoms in total. The fraction of sp³-hybridized carbons (Fsp3) is 0.818. The van der Waals surface area contributed by atoms with Crippen LogP contribution in [0.2, 0.25) is 0 Å². The summed E-state index contributed by atoms with van der Waals surface area (Å²) >= 11 is 0. The number of hydrogen-bond donors (Lipinski definition) is 0. The second-order valence-corrected chi connectivity index (χ2v) is 3.32. The summed E-state index contributed by atoms with van der Waals surface area (Å²) in [6.07, 6.45) is 5.49. The number of carbonyl (C=O) groups excluding carboxylic acids is 1. The Labute approximate surface area is 86.8 Å². The molecule has 1 radical (unpaired) electrons. The second-order valence-electron chi connectivity index (χ2n) is 3.32. The van der Waals surface area contributed by atoms with Crippen LogP contribution >= 0.6 is 0 Å². The molecule has 0 aliphatic heterocycles. The van der Waals surface area contributed by atoms with Crippen molar-refractivity contribution in [1.82, 2.24) is 0 Å². The van der Waals surface area contributed by atoms with Crippen LogP contribution in [0, 0.1) is 6.42 Å². The fourth-order valence-corrected chi connectivity index (χ4v) is 0.938. The Bertz CT molecular complexity index is 145. The van der Waals surface area contributed by atoms with Crippen LogP contribution in [-0.2, 0) is 9.47 Å². The molecular weight excluding hydrogens is 180 g/mol. The van der Waals surface area contributed by atoms with Crippen molar-refractivity contribution in [2.24, 2.45) is 0 Å². The summed E-state index contributed by atoms with van der Waals surface area (Å²) in [6.45, 7) is 6.26. The number of carbonyl (C=O) groups is 1. The van der Waals surface area contributed by atoms with Gasteiger partial charge in [-0.2, -0.15) is 0 Å². The molecule has 0 aromatic rings. The molecule has 0 amide bonds. The van der Waals surface area contributed by atoms with E-state index in [1.807, 2.05) is 6.92 Å². The zero-order valence-corrected chi connectivity index (χ0v) is 9.41. The van der Waals surface area contributed by atoms with Crippen molar-refractivity contribution in [2.45, 2.75) is 52.6 Å². The first kappa shape index (κ1) is 13.3. The predicted molar refractivity (Wildman–Crippen MR) is 56.0 cm³/mol. The molecule has 0 saturated carbocycles. The van der Waals surface area contributed by atoms with E-state index in [1.165, 1.54) is 12.8 Å². The smallest absolute Gasteiger partial charge is 0.434 e. The third-order valence-electron chi connectivity index (χ3n) is 1.97. The standard InChI is InChI=1S/C11H21O3/c1-4-6-7-8-9-13-11(12)14-10(3)5-2/h5,10H,4,6-9H2,1-3H3/t10-/m1/s1. The van der Waals surface area contributed by atoms with Gasteiger partial charge in [-0.15, -0.1) is 0 Å². The SMILES string of the molecule is C[CH][C@@H](C)OC(=O)OCCCCCC. The molecule has 83 valence electrons. The molecule has 0 unspecified atom stereocenters. The van der Waals surface area contributed by atoms with Crippen molar-refractivity contribution < 1.29 is 14.3 Å². The van der Waals surface area contributed by atoms with Crippen molar-refractivity contribution in [3.05, 3.63) is 6.42 Å². The Morgan fingerprint density at radius 1 is 1.36 bits per heavy atom. The molecule has 0 bridgehead atoms. The molecule has 0 spiro atoms. The van der Waals surface area contributed by atoms with E-state index in [2.05, 4.69) is 6.92 Å². The van der Waals surface area contributed by atoms with Gasteiger partial charge in [0.25, 0.3) is 0 Å². The minimum atomic E-state index is -0.563. The lowest BCUT2D eigenvalue weighted by Crippen LogP contribution is -2.16. The van der Waals surface area contributed by atoms with Gasteiger partial charge in [-0.1, -0.05) is 33.1 Å². The summed E-state index contributed by atoms with van der Waals surface area (Å²) in [6, 6.07) is 0. The molecule has 0 heterocycles. The molecule has 0 saturated heterocycles. The van der Waals surface area contributed by atoms with Gasteiger partial charge in [0.1, 0.15) is 6.10 Å². The van der Waals surface area contributed by atoms with Crippen LogP contribution < -0.4 is 0 Å². The van der Waals surface area contributed by atoms with Crippen LogP contribution in [-0.4, -0.2) is 18.9 Å². The highest BCUT2D eigenvalue weighted by Gasteiger charge is 2.07. The topological polar surface area (TPSA) is 35.5 Å². The average molecular weight is 201 g/mol. The molecule has 0 aromatic carbocycles. The van der Waals surface area contributed by atoms with Gasteiger partial charge in [0, 0.05) is 0 Å². The Morgan fingerprint density at radius 2 is 2.07 bits per heavy atom. The molecule has 0 fully saturated rings. The first-order valence-corrected chi connectivity index (χ1v) is 5.33. The number of hydrogen-bond acceptors (Lipinski definition) is 3. The van der Waals surface area contributed by atoms with Gasteiger partial charge < -0.3 is 9.47 Å². The molecule has 14 heavy (non-hydrogen) atoms. The van der Waals surface area contributed by atoms with E-state index in [4.69, 9.17) is 9.47 Å². The molecule has 1 atom stereocenters. The largest absolute Gasteiger partial charge is 0.508 e. The Morgan fingerprint density at radius 3 is 2.64 bits per heavy atom. The first-order valence-electron chi connectivity index (χ1n) is 5.33. The Balaban J connectivity index is 3.27. The maximum absolute atomic E-state index is 11.0. The summed E-state index contributed by atoms with van der Waals surface area (Å²) < 4.78 is 9.77. The molecular formula is C11H21O3. The van der Waals surface area contributed by atoms with Gasteiger partial charge in [-0.25, -0.2) is 4.79 Å². The van der Waals surface area contributed by atoms with Crippen LogP contribution in [0.25, 0.3) is 0 Å². The Hall–Kier alpha value is -0.730. The lowest BCUT2D eigenvalue weighted by Gasteiger charge is -2.10. The van der Waals surface area contributed by atoms with E-state index in [0.29, 0.717) is 6.61 Å². The van der Waals surface area contributed by atoms with Crippen LogP contribution in [0.5, 0.6) is 0 Å². The van der Waals surface area contributed by atoms with Gasteiger partial charge in [-0.05, 0) is 19.8 Å². The van der Waals surface area contributed by atoms with Crippen LogP contribution in [0.15, 0.2) is 0 Å². The lowest BCUT2D eigenvalue weighted by molar-refractivity contribution is 0.0371.